The molecule has 0 saturated heterocycles. The number of rotatable bonds is 7. The molecular weight excluding hydrogens is 428 g/mol. The van der Waals surface area contributed by atoms with E-state index in [4.69, 9.17) is 0 Å². The van der Waals surface area contributed by atoms with Gasteiger partial charge in [0.05, 0.1) is 24.4 Å². The molecule has 5 heteroatoms. The van der Waals surface area contributed by atoms with E-state index in [1.165, 1.54) is 0 Å². The van der Waals surface area contributed by atoms with Crippen molar-refractivity contribution in [3.63, 3.8) is 0 Å². The molecule has 0 aromatic heterocycles. The largest absolute Gasteiger partial charge is 0.396 e. The standard InChI is InChI=1S/C29H52O5/c1-16(2)18(10-13-30)7-6-17(3)24-26(33)27(34)25-20-15-23(32)22-14-19(31)8-11-28(22,4)21(20)9-12-29(24,25)5/h16-27,30-34H,6-15H2,1-5H3/t17-,18-,19+,20-,21+,22-,23+,24-,25+,26-,27+,28-,29-/m1/s1. The second kappa shape index (κ2) is 9.93. The Kier molecular flexibility index (Phi) is 7.84. The van der Waals surface area contributed by atoms with Crippen LogP contribution >= 0.6 is 0 Å². The minimum atomic E-state index is -0.731. The van der Waals surface area contributed by atoms with Crippen LogP contribution in [0.4, 0.5) is 0 Å². The molecule has 198 valence electrons. The molecule has 0 amide bonds. The predicted octanol–water partition coefficient (Wildman–Crippen LogP) is 3.99. The second-order valence-corrected chi connectivity index (χ2v) is 13.8. The van der Waals surface area contributed by atoms with E-state index < -0.39 is 18.3 Å². The van der Waals surface area contributed by atoms with Crippen molar-refractivity contribution >= 4 is 0 Å². The minimum absolute atomic E-state index is 0.00600. The summed E-state index contributed by atoms with van der Waals surface area (Å²) in [6.45, 7) is 11.6. The van der Waals surface area contributed by atoms with Crippen LogP contribution in [0.2, 0.25) is 0 Å². The molecule has 0 aliphatic heterocycles. The maximum absolute atomic E-state index is 11.5. The van der Waals surface area contributed by atoms with E-state index in [0.29, 0.717) is 36.5 Å². The lowest BCUT2D eigenvalue weighted by Gasteiger charge is -2.62. The molecule has 0 heterocycles. The third kappa shape index (κ3) is 4.30. The number of aliphatic hydroxyl groups is 5. The molecule has 13 atom stereocenters. The first-order valence-corrected chi connectivity index (χ1v) is 14.3. The van der Waals surface area contributed by atoms with Gasteiger partial charge in [0.2, 0.25) is 0 Å². The van der Waals surface area contributed by atoms with Crippen LogP contribution in [-0.2, 0) is 0 Å². The lowest BCUT2D eigenvalue weighted by Crippen LogP contribution is -2.59. The number of aliphatic hydroxyl groups excluding tert-OH is 5. The molecule has 4 aliphatic carbocycles. The summed E-state index contributed by atoms with van der Waals surface area (Å²) in [4.78, 5) is 0. The molecule has 4 saturated carbocycles. The zero-order chi connectivity index (χ0) is 25.0. The third-order valence-electron chi connectivity index (χ3n) is 11.8. The summed E-state index contributed by atoms with van der Waals surface area (Å²) < 4.78 is 0. The highest BCUT2D eigenvalue weighted by atomic mass is 16.3. The van der Waals surface area contributed by atoms with Crippen molar-refractivity contribution in [2.75, 3.05) is 6.61 Å². The Morgan fingerprint density at radius 3 is 2.12 bits per heavy atom. The fourth-order valence-corrected chi connectivity index (χ4v) is 10.0. The number of fused-ring (bicyclic) bond motifs is 5. The van der Waals surface area contributed by atoms with E-state index in [0.717, 1.165) is 44.9 Å². The highest BCUT2D eigenvalue weighted by Crippen LogP contribution is 2.68. The average Bonchev–Trinajstić information content (AvgIpc) is 2.97. The Bertz CT molecular complexity index is 698. The van der Waals surface area contributed by atoms with Crippen molar-refractivity contribution in [3.05, 3.63) is 0 Å². The minimum Gasteiger partial charge on any atom is -0.396 e. The molecule has 34 heavy (non-hydrogen) atoms. The molecule has 4 aliphatic rings. The van der Waals surface area contributed by atoms with Crippen molar-refractivity contribution in [2.24, 2.45) is 58.2 Å². The van der Waals surface area contributed by atoms with Crippen LogP contribution in [0.1, 0.15) is 92.4 Å². The molecule has 5 nitrogen and oxygen atoms in total. The first kappa shape index (κ1) is 26.9. The summed E-state index contributed by atoms with van der Waals surface area (Å²) in [5.74, 6) is 2.21. The van der Waals surface area contributed by atoms with Crippen LogP contribution in [0.25, 0.3) is 0 Å². The van der Waals surface area contributed by atoms with E-state index >= 15 is 0 Å². The number of hydrogen-bond acceptors (Lipinski definition) is 5. The lowest BCUT2D eigenvalue weighted by atomic mass is 9.43. The highest BCUT2D eigenvalue weighted by Gasteiger charge is 2.67. The quantitative estimate of drug-likeness (QED) is 0.379. The normalized spacial score (nSPS) is 50.4. The van der Waals surface area contributed by atoms with Crippen LogP contribution in [0, 0.1) is 58.2 Å². The summed E-state index contributed by atoms with van der Waals surface area (Å²) in [7, 11) is 0. The zero-order valence-electron chi connectivity index (χ0n) is 22.2. The van der Waals surface area contributed by atoms with Crippen molar-refractivity contribution in [3.8, 4) is 0 Å². The molecule has 0 spiro atoms. The van der Waals surface area contributed by atoms with Gasteiger partial charge in [-0.3, -0.25) is 0 Å². The SMILES string of the molecule is CC(C)[C@@H](CCO)CC[C@@H](C)[C@@H]1[C@@H](O)[C@@H](O)[C@@H]2[C@@H]3C[C@H](O)[C@H]4C[C@@H](O)CC[C@]4(C)[C@H]3CC[C@@]21C. The Morgan fingerprint density at radius 2 is 1.47 bits per heavy atom. The van der Waals surface area contributed by atoms with Gasteiger partial charge >= 0.3 is 0 Å². The molecule has 5 N–H and O–H groups in total. The van der Waals surface area contributed by atoms with E-state index in [9.17, 15) is 25.5 Å². The van der Waals surface area contributed by atoms with Gasteiger partial charge in [0.1, 0.15) is 0 Å². The van der Waals surface area contributed by atoms with Crippen LogP contribution in [0.5, 0.6) is 0 Å². The van der Waals surface area contributed by atoms with Gasteiger partial charge in [0, 0.05) is 6.61 Å². The molecule has 0 bridgehead atoms. The van der Waals surface area contributed by atoms with Gasteiger partial charge < -0.3 is 25.5 Å². The smallest absolute Gasteiger partial charge is 0.0838 e. The van der Waals surface area contributed by atoms with Gasteiger partial charge in [-0.2, -0.15) is 0 Å². The Balaban J connectivity index is 1.55. The van der Waals surface area contributed by atoms with Crippen molar-refractivity contribution < 1.29 is 25.5 Å². The summed E-state index contributed by atoms with van der Waals surface area (Å²) in [6.07, 6.45) is 5.95. The molecule has 0 aromatic carbocycles. The van der Waals surface area contributed by atoms with Gasteiger partial charge in [-0.05, 0) is 110 Å². The second-order valence-electron chi connectivity index (χ2n) is 13.8. The van der Waals surface area contributed by atoms with Crippen molar-refractivity contribution in [2.45, 2.75) is 117 Å². The molecule has 0 radical (unpaired) electrons. The molecule has 0 unspecified atom stereocenters. The van der Waals surface area contributed by atoms with E-state index in [-0.39, 0.29) is 47.2 Å². The molecule has 4 rings (SSSR count). The lowest BCUT2D eigenvalue weighted by molar-refractivity contribution is -0.181. The summed E-state index contributed by atoms with van der Waals surface area (Å²) in [6, 6.07) is 0. The molecule has 4 fully saturated rings. The van der Waals surface area contributed by atoms with Gasteiger partial charge in [0.15, 0.2) is 0 Å². The highest BCUT2D eigenvalue weighted by molar-refractivity contribution is 5.15. The van der Waals surface area contributed by atoms with Gasteiger partial charge in [-0.1, -0.05) is 41.0 Å². The Morgan fingerprint density at radius 1 is 0.794 bits per heavy atom. The van der Waals surface area contributed by atoms with Gasteiger partial charge in [-0.25, -0.2) is 0 Å². The van der Waals surface area contributed by atoms with Gasteiger partial charge in [0.25, 0.3) is 0 Å². The zero-order valence-corrected chi connectivity index (χ0v) is 22.2. The summed E-state index contributed by atoms with van der Waals surface area (Å²) >= 11 is 0. The van der Waals surface area contributed by atoms with Crippen LogP contribution in [0.3, 0.4) is 0 Å². The van der Waals surface area contributed by atoms with Crippen molar-refractivity contribution in [1.29, 1.82) is 0 Å². The Hall–Kier alpha value is -0.200. The fraction of sp³-hybridized carbons (Fsp3) is 1.00. The van der Waals surface area contributed by atoms with E-state index in [1.807, 2.05) is 0 Å². The fourth-order valence-electron chi connectivity index (χ4n) is 10.0. The Labute approximate surface area is 207 Å². The predicted molar refractivity (Wildman–Crippen MR) is 134 cm³/mol. The van der Waals surface area contributed by atoms with Crippen LogP contribution in [-0.4, -0.2) is 56.6 Å². The third-order valence-corrected chi connectivity index (χ3v) is 11.8. The summed E-state index contributed by atoms with van der Waals surface area (Å²) in [5.41, 5.74) is -0.118. The topological polar surface area (TPSA) is 101 Å². The molecular formula is C29H52O5. The van der Waals surface area contributed by atoms with E-state index in [1.54, 1.807) is 0 Å². The number of hydrogen-bond donors (Lipinski definition) is 5. The van der Waals surface area contributed by atoms with Crippen LogP contribution < -0.4 is 0 Å². The first-order chi connectivity index (χ1) is 16.0. The van der Waals surface area contributed by atoms with Crippen molar-refractivity contribution in [1.82, 2.24) is 0 Å². The van der Waals surface area contributed by atoms with Crippen LogP contribution in [0.15, 0.2) is 0 Å². The van der Waals surface area contributed by atoms with Gasteiger partial charge in [-0.15, -0.1) is 0 Å². The summed E-state index contributed by atoms with van der Waals surface area (Å²) in [5, 5.41) is 53.9. The first-order valence-electron chi connectivity index (χ1n) is 14.3. The maximum atomic E-state index is 11.5. The molecule has 0 aromatic rings. The maximum Gasteiger partial charge on any atom is 0.0838 e. The average molecular weight is 481 g/mol. The monoisotopic (exact) mass is 480 g/mol. The van der Waals surface area contributed by atoms with E-state index in [2.05, 4.69) is 34.6 Å².